The first-order chi connectivity index (χ1) is 6.92. The largest absolute Gasteiger partial charge is 0.480 e. The van der Waals surface area contributed by atoms with Crippen LogP contribution in [0.3, 0.4) is 0 Å². The lowest BCUT2D eigenvalue weighted by atomic mass is 9.99. The number of aliphatic carboxylic acids is 1. The molecule has 0 aliphatic carbocycles. The van der Waals surface area contributed by atoms with Crippen molar-refractivity contribution in [1.82, 2.24) is 4.90 Å². The van der Waals surface area contributed by atoms with E-state index in [1.54, 1.807) is 6.92 Å². The van der Waals surface area contributed by atoms with Gasteiger partial charge in [-0.25, -0.2) is 0 Å². The number of carbonyl (C=O) groups is 1. The summed E-state index contributed by atoms with van der Waals surface area (Å²) in [5.41, 5.74) is 4.53. The van der Waals surface area contributed by atoms with Crippen LogP contribution in [0.5, 0.6) is 0 Å². The minimum atomic E-state index is -1.12. The molecule has 15 heavy (non-hydrogen) atoms. The molecule has 1 heterocycles. The molecule has 0 aromatic heterocycles. The van der Waals surface area contributed by atoms with E-state index in [9.17, 15) is 4.79 Å². The van der Waals surface area contributed by atoms with Gasteiger partial charge in [0, 0.05) is 19.6 Å². The zero-order valence-electron chi connectivity index (χ0n) is 9.40. The van der Waals surface area contributed by atoms with Crippen LogP contribution in [0.15, 0.2) is 0 Å². The predicted molar refractivity (Wildman–Crippen MR) is 56.7 cm³/mol. The summed E-state index contributed by atoms with van der Waals surface area (Å²) in [6.07, 6.45) is 0.697. The van der Waals surface area contributed by atoms with E-state index in [-0.39, 0.29) is 6.10 Å². The number of rotatable bonds is 4. The zero-order valence-corrected chi connectivity index (χ0v) is 9.40. The molecule has 1 rings (SSSR count). The number of carboxylic acid groups (broad SMARTS) is 1. The Bertz CT molecular complexity index is 231. The van der Waals surface area contributed by atoms with Crippen LogP contribution in [0, 0.1) is 0 Å². The molecule has 0 amide bonds. The highest BCUT2D eigenvalue weighted by atomic mass is 16.5. The van der Waals surface area contributed by atoms with Crippen molar-refractivity contribution in [2.45, 2.75) is 31.9 Å². The summed E-state index contributed by atoms with van der Waals surface area (Å²) in [5.74, 6) is -0.941. The summed E-state index contributed by atoms with van der Waals surface area (Å²) in [7, 11) is 0. The zero-order chi connectivity index (χ0) is 11.5. The third-order valence-corrected chi connectivity index (χ3v) is 2.76. The van der Waals surface area contributed by atoms with Gasteiger partial charge in [0.1, 0.15) is 5.54 Å². The van der Waals surface area contributed by atoms with Crippen molar-refractivity contribution in [2.24, 2.45) is 5.73 Å². The fraction of sp³-hybridized carbons (Fsp3) is 0.900. The molecule has 0 aromatic rings. The van der Waals surface area contributed by atoms with Crippen LogP contribution in [0.25, 0.3) is 0 Å². The average Bonchev–Trinajstić information content (AvgIpc) is 2.15. The highest BCUT2D eigenvalue weighted by Crippen LogP contribution is 2.10. The number of carboxylic acids is 1. The molecule has 0 bridgehead atoms. The first-order valence-electron chi connectivity index (χ1n) is 5.28. The van der Waals surface area contributed by atoms with E-state index >= 15 is 0 Å². The van der Waals surface area contributed by atoms with Crippen LogP contribution in [0.4, 0.5) is 0 Å². The van der Waals surface area contributed by atoms with Crippen molar-refractivity contribution >= 4 is 5.97 Å². The van der Waals surface area contributed by atoms with E-state index in [1.165, 1.54) is 0 Å². The number of hydrogen-bond acceptors (Lipinski definition) is 4. The number of ether oxygens (including phenoxy) is 1. The van der Waals surface area contributed by atoms with Gasteiger partial charge in [-0.1, -0.05) is 0 Å². The third kappa shape index (κ3) is 3.77. The molecule has 0 saturated carbocycles. The highest BCUT2D eigenvalue weighted by molar-refractivity contribution is 5.77. The van der Waals surface area contributed by atoms with Gasteiger partial charge >= 0.3 is 5.97 Å². The Morgan fingerprint density at radius 3 is 2.93 bits per heavy atom. The van der Waals surface area contributed by atoms with E-state index < -0.39 is 11.5 Å². The van der Waals surface area contributed by atoms with Crippen molar-refractivity contribution in [3.05, 3.63) is 0 Å². The monoisotopic (exact) mass is 216 g/mol. The summed E-state index contributed by atoms with van der Waals surface area (Å²) in [5, 5.41) is 8.85. The van der Waals surface area contributed by atoms with Gasteiger partial charge in [0.2, 0.25) is 0 Å². The second-order valence-electron chi connectivity index (χ2n) is 4.45. The van der Waals surface area contributed by atoms with Gasteiger partial charge in [0.25, 0.3) is 0 Å². The molecule has 3 N–H and O–H groups in total. The number of hydrogen-bond donors (Lipinski definition) is 2. The van der Waals surface area contributed by atoms with Gasteiger partial charge in [-0.3, -0.25) is 9.69 Å². The highest BCUT2D eigenvalue weighted by Gasteiger charge is 2.29. The molecule has 1 aliphatic rings. The maximum Gasteiger partial charge on any atom is 0.323 e. The Balaban J connectivity index is 2.33. The predicted octanol–water partition coefficient (Wildman–Crippen LogP) is -0.101. The maximum absolute atomic E-state index is 10.8. The number of nitrogens with two attached hydrogens (primary N) is 1. The molecular formula is C10H20N2O3. The average molecular weight is 216 g/mol. The Kier molecular flexibility index (Phi) is 4.07. The van der Waals surface area contributed by atoms with E-state index in [4.69, 9.17) is 15.6 Å². The summed E-state index contributed by atoms with van der Waals surface area (Å²) in [6.45, 7) is 6.72. The van der Waals surface area contributed by atoms with Gasteiger partial charge in [-0.2, -0.15) is 0 Å². The Labute approximate surface area is 90.2 Å². The molecule has 0 aromatic carbocycles. The van der Waals surface area contributed by atoms with Crippen LogP contribution in [0.1, 0.15) is 20.3 Å². The minimum Gasteiger partial charge on any atom is -0.480 e. The van der Waals surface area contributed by atoms with Gasteiger partial charge in [-0.05, 0) is 20.3 Å². The normalized spacial score (nSPS) is 27.3. The van der Waals surface area contributed by atoms with Gasteiger partial charge < -0.3 is 15.6 Å². The number of morpholine rings is 1. The molecule has 0 radical (unpaired) electrons. The molecule has 1 aliphatic heterocycles. The van der Waals surface area contributed by atoms with Gasteiger partial charge in [0.05, 0.1) is 12.7 Å². The van der Waals surface area contributed by atoms with Gasteiger partial charge in [-0.15, -0.1) is 0 Å². The Hall–Kier alpha value is -0.650. The molecule has 5 heteroatoms. The molecule has 1 saturated heterocycles. The molecule has 2 unspecified atom stereocenters. The van der Waals surface area contributed by atoms with Crippen LogP contribution >= 0.6 is 0 Å². The lowest BCUT2D eigenvalue weighted by Gasteiger charge is -2.32. The molecule has 0 spiro atoms. The second-order valence-corrected chi connectivity index (χ2v) is 4.45. The second kappa shape index (κ2) is 4.92. The van der Waals surface area contributed by atoms with Crippen molar-refractivity contribution in [3.8, 4) is 0 Å². The van der Waals surface area contributed by atoms with Crippen LogP contribution < -0.4 is 5.73 Å². The van der Waals surface area contributed by atoms with Crippen LogP contribution in [0.2, 0.25) is 0 Å². The van der Waals surface area contributed by atoms with Crippen LogP contribution in [-0.4, -0.2) is 53.9 Å². The lowest BCUT2D eigenvalue weighted by Crippen LogP contribution is -2.49. The molecular weight excluding hydrogens is 196 g/mol. The fourth-order valence-corrected chi connectivity index (χ4v) is 1.59. The van der Waals surface area contributed by atoms with Crippen molar-refractivity contribution in [1.29, 1.82) is 0 Å². The Morgan fingerprint density at radius 2 is 2.40 bits per heavy atom. The Morgan fingerprint density at radius 1 is 1.73 bits per heavy atom. The summed E-state index contributed by atoms with van der Waals surface area (Å²) >= 11 is 0. The van der Waals surface area contributed by atoms with E-state index in [2.05, 4.69) is 4.90 Å². The first-order valence-corrected chi connectivity index (χ1v) is 5.28. The van der Waals surface area contributed by atoms with Crippen molar-refractivity contribution in [2.75, 3.05) is 26.2 Å². The van der Waals surface area contributed by atoms with E-state index in [0.29, 0.717) is 13.0 Å². The quantitative estimate of drug-likeness (QED) is 0.686. The molecule has 1 fully saturated rings. The topological polar surface area (TPSA) is 75.8 Å². The third-order valence-electron chi connectivity index (χ3n) is 2.76. The van der Waals surface area contributed by atoms with E-state index in [0.717, 1.165) is 19.7 Å². The molecule has 5 nitrogen and oxygen atoms in total. The minimum absolute atomic E-state index is 0.229. The van der Waals surface area contributed by atoms with Crippen molar-refractivity contribution < 1.29 is 14.6 Å². The summed E-state index contributed by atoms with van der Waals surface area (Å²) < 4.78 is 5.40. The standard InChI is InChI=1S/C10H20N2O3/c1-8-7-12(5-6-15-8)4-3-10(2,11)9(13)14/h8H,3-7,11H2,1-2H3,(H,13,14). The van der Waals surface area contributed by atoms with E-state index in [1.807, 2.05) is 6.92 Å². The fourth-order valence-electron chi connectivity index (χ4n) is 1.59. The number of nitrogens with zero attached hydrogens (tertiary/aromatic N) is 1. The van der Waals surface area contributed by atoms with Crippen molar-refractivity contribution in [3.63, 3.8) is 0 Å². The summed E-state index contributed by atoms with van der Waals surface area (Å²) in [6, 6.07) is 0. The SMILES string of the molecule is CC1CN(CCC(C)(N)C(=O)O)CCO1. The van der Waals surface area contributed by atoms with Gasteiger partial charge in [0.15, 0.2) is 0 Å². The molecule has 88 valence electrons. The molecule has 2 atom stereocenters. The summed E-state index contributed by atoms with van der Waals surface area (Å²) in [4.78, 5) is 13.0. The first kappa shape index (κ1) is 12.4. The maximum atomic E-state index is 10.8. The van der Waals surface area contributed by atoms with Crippen LogP contribution in [-0.2, 0) is 9.53 Å². The smallest absolute Gasteiger partial charge is 0.323 e. The lowest BCUT2D eigenvalue weighted by molar-refractivity contribution is -0.143.